The lowest BCUT2D eigenvalue weighted by atomic mass is 9.95. The van der Waals surface area contributed by atoms with Gasteiger partial charge in [0.25, 0.3) is 0 Å². The number of rotatable bonds is 4. The molecule has 1 N–H and O–H groups in total. The van der Waals surface area contributed by atoms with Crippen LogP contribution in [0.5, 0.6) is 0 Å². The predicted molar refractivity (Wildman–Crippen MR) is 114 cm³/mol. The van der Waals surface area contributed by atoms with E-state index < -0.39 is 0 Å². The second-order valence-corrected chi connectivity index (χ2v) is 8.12. The van der Waals surface area contributed by atoms with Gasteiger partial charge in [0.1, 0.15) is 6.04 Å². The molecule has 130 valence electrons. The highest BCUT2D eigenvalue weighted by molar-refractivity contribution is 9.10. The summed E-state index contributed by atoms with van der Waals surface area (Å²) in [6, 6.07) is 29.8. The van der Waals surface area contributed by atoms with Gasteiger partial charge in [0.2, 0.25) is 0 Å². The average molecular weight is 423 g/mol. The Kier molecular flexibility index (Phi) is 5.42. The van der Waals surface area contributed by atoms with Crippen LogP contribution in [0.3, 0.4) is 0 Å². The van der Waals surface area contributed by atoms with E-state index >= 15 is 0 Å². The number of benzene rings is 3. The third kappa shape index (κ3) is 4.02. The first kappa shape index (κ1) is 17.4. The van der Waals surface area contributed by atoms with Crippen LogP contribution in [-0.2, 0) is 5.75 Å². The predicted octanol–water partition coefficient (Wildman–Crippen LogP) is 6.12. The molecule has 0 aliphatic carbocycles. The molecule has 2 atom stereocenters. The summed E-state index contributed by atoms with van der Waals surface area (Å²) in [6.45, 7) is 0. The lowest BCUT2D eigenvalue weighted by Crippen LogP contribution is -2.22. The van der Waals surface area contributed by atoms with Crippen molar-refractivity contribution in [3.05, 3.63) is 106 Å². The van der Waals surface area contributed by atoms with Crippen LogP contribution in [0.15, 0.2) is 94.4 Å². The third-order valence-corrected chi connectivity index (χ3v) is 5.88. The molecule has 3 aromatic carbocycles. The van der Waals surface area contributed by atoms with E-state index in [-0.39, 0.29) is 12.1 Å². The molecule has 2 nitrogen and oxygen atoms in total. The van der Waals surface area contributed by atoms with Gasteiger partial charge in [0.05, 0.1) is 6.04 Å². The van der Waals surface area contributed by atoms with Crippen molar-refractivity contribution in [3.8, 4) is 0 Å². The molecular weight excluding hydrogens is 404 g/mol. The van der Waals surface area contributed by atoms with E-state index in [1.165, 1.54) is 16.7 Å². The first-order chi connectivity index (χ1) is 12.8. The number of halogens is 1. The van der Waals surface area contributed by atoms with Gasteiger partial charge in [-0.05, 0) is 28.8 Å². The average Bonchev–Trinajstić information content (AvgIpc) is 3.12. The smallest absolute Gasteiger partial charge is 0.158 e. The van der Waals surface area contributed by atoms with Crippen molar-refractivity contribution < 1.29 is 0 Å². The molecule has 0 aromatic heterocycles. The van der Waals surface area contributed by atoms with E-state index in [9.17, 15) is 0 Å². The molecule has 0 bridgehead atoms. The van der Waals surface area contributed by atoms with Crippen molar-refractivity contribution >= 4 is 32.9 Å². The van der Waals surface area contributed by atoms with Gasteiger partial charge in [0.15, 0.2) is 5.17 Å². The summed E-state index contributed by atoms with van der Waals surface area (Å²) in [5.74, 6) is 0.897. The lowest BCUT2D eigenvalue weighted by molar-refractivity contribution is 0.573. The maximum atomic E-state index is 5.01. The minimum atomic E-state index is 0.101. The maximum Gasteiger partial charge on any atom is 0.158 e. The molecule has 0 unspecified atom stereocenters. The fraction of sp³-hybridized carbons (Fsp3) is 0.136. The van der Waals surface area contributed by atoms with Gasteiger partial charge in [-0.25, -0.2) is 0 Å². The van der Waals surface area contributed by atoms with Gasteiger partial charge >= 0.3 is 0 Å². The minimum Gasteiger partial charge on any atom is -0.356 e. The molecule has 0 saturated heterocycles. The summed E-state index contributed by atoms with van der Waals surface area (Å²) in [6.07, 6.45) is 0. The van der Waals surface area contributed by atoms with E-state index in [0.29, 0.717) is 0 Å². The molecule has 4 heteroatoms. The molecule has 3 aromatic rings. The third-order valence-electron chi connectivity index (χ3n) is 4.42. The standard InChI is InChI=1S/C22H19BrN2S/c23-19-13-7-8-16(14-19)15-26-22-24-20(17-9-3-1-4-10-17)21(25-22)18-11-5-2-6-12-18/h1-14,20-21H,15H2,(H,24,25)/t20-,21+. The first-order valence-corrected chi connectivity index (χ1v) is 10.4. The van der Waals surface area contributed by atoms with Gasteiger partial charge in [-0.1, -0.05) is 100 Å². The minimum absolute atomic E-state index is 0.101. The summed E-state index contributed by atoms with van der Waals surface area (Å²) >= 11 is 5.30. The van der Waals surface area contributed by atoms with Gasteiger partial charge in [0, 0.05) is 10.2 Å². The highest BCUT2D eigenvalue weighted by Gasteiger charge is 2.31. The number of hydrogen-bond donors (Lipinski definition) is 1. The Morgan fingerprint density at radius 1 is 0.846 bits per heavy atom. The summed E-state index contributed by atoms with van der Waals surface area (Å²) in [4.78, 5) is 5.01. The summed E-state index contributed by atoms with van der Waals surface area (Å²) < 4.78 is 1.11. The van der Waals surface area contributed by atoms with Crippen LogP contribution in [0.2, 0.25) is 0 Å². The molecular formula is C22H19BrN2S. The Labute approximate surface area is 166 Å². The fourth-order valence-electron chi connectivity index (χ4n) is 3.15. The Morgan fingerprint density at radius 3 is 2.23 bits per heavy atom. The molecule has 0 amide bonds. The zero-order chi connectivity index (χ0) is 17.8. The van der Waals surface area contributed by atoms with Crippen LogP contribution >= 0.6 is 27.7 Å². The Hall–Kier alpha value is -2.04. The SMILES string of the molecule is Brc1cccc(CSC2=N[C@@H](c3ccccc3)[C@@H](c3ccccc3)N2)c1. The van der Waals surface area contributed by atoms with E-state index in [1.54, 1.807) is 11.8 Å². The first-order valence-electron chi connectivity index (χ1n) is 8.61. The van der Waals surface area contributed by atoms with Crippen LogP contribution < -0.4 is 5.32 Å². The zero-order valence-corrected chi connectivity index (χ0v) is 16.6. The van der Waals surface area contributed by atoms with E-state index in [0.717, 1.165) is 15.4 Å². The van der Waals surface area contributed by atoms with Crippen LogP contribution in [0.25, 0.3) is 0 Å². The van der Waals surface area contributed by atoms with Crippen LogP contribution in [0, 0.1) is 0 Å². The van der Waals surface area contributed by atoms with E-state index in [2.05, 4.69) is 106 Å². The van der Waals surface area contributed by atoms with Crippen LogP contribution in [0.1, 0.15) is 28.8 Å². The fourth-order valence-corrected chi connectivity index (χ4v) is 4.48. The molecule has 4 rings (SSSR count). The molecule has 1 aliphatic heterocycles. The van der Waals surface area contributed by atoms with Crippen molar-refractivity contribution in [2.45, 2.75) is 17.8 Å². The van der Waals surface area contributed by atoms with Crippen LogP contribution in [0.4, 0.5) is 0 Å². The number of nitrogens with one attached hydrogen (secondary N) is 1. The molecule has 0 fully saturated rings. The Morgan fingerprint density at radius 2 is 1.54 bits per heavy atom. The monoisotopic (exact) mass is 422 g/mol. The molecule has 0 spiro atoms. The van der Waals surface area contributed by atoms with Crippen molar-refractivity contribution in [2.24, 2.45) is 4.99 Å². The van der Waals surface area contributed by atoms with E-state index in [4.69, 9.17) is 4.99 Å². The van der Waals surface area contributed by atoms with Crippen molar-refractivity contribution in [1.82, 2.24) is 5.32 Å². The Bertz CT molecular complexity index is 896. The number of nitrogens with zero attached hydrogens (tertiary/aromatic N) is 1. The number of thioether (sulfide) groups is 1. The van der Waals surface area contributed by atoms with Crippen molar-refractivity contribution in [3.63, 3.8) is 0 Å². The molecule has 0 saturated carbocycles. The molecule has 26 heavy (non-hydrogen) atoms. The number of aliphatic imine (C=N–C) groups is 1. The van der Waals surface area contributed by atoms with Crippen LogP contribution in [-0.4, -0.2) is 5.17 Å². The Balaban J connectivity index is 1.56. The number of amidine groups is 1. The van der Waals surface area contributed by atoms with Gasteiger partial charge in [-0.15, -0.1) is 0 Å². The van der Waals surface area contributed by atoms with Gasteiger partial charge in [-0.3, -0.25) is 4.99 Å². The van der Waals surface area contributed by atoms with Gasteiger partial charge in [-0.2, -0.15) is 0 Å². The zero-order valence-electron chi connectivity index (χ0n) is 14.2. The normalized spacial score (nSPS) is 19.0. The molecule has 0 radical (unpaired) electrons. The van der Waals surface area contributed by atoms with Crippen molar-refractivity contribution in [1.29, 1.82) is 0 Å². The summed E-state index contributed by atoms with van der Waals surface area (Å²) in [5.41, 5.74) is 3.79. The molecule has 1 aliphatic rings. The number of hydrogen-bond acceptors (Lipinski definition) is 3. The topological polar surface area (TPSA) is 24.4 Å². The van der Waals surface area contributed by atoms with E-state index in [1.807, 2.05) is 0 Å². The lowest BCUT2D eigenvalue weighted by Gasteiger charge is -2.19. The quantitative estimate of drug-likeness (QED) is 0.547. The highest BCUT2D eigenvalue weighted by atomic mass is 79.9. The second kappa shape index (κ2) is 8.11. The maximum absolute atomic E-state index is 5.01. The van der Waals surface area contributed by atoms with Gasteiger partial charge < -0.3 is 5.32 Å². The van der Waals surface area contributed by atoms with Crippen molar-refractivity contribution in [2.75, 3.05) is 0 Å². The summed E-state index contributed by atoms with van der Waals surface area (Å²) in [7, 11) is 0. The summed E-state index contributed by atoms with van der Waals surface area (Å²) in [5, 5.41) is 4.65. The second-order valence-electron chi connectivity index (χ2n) is 6.24. The molecule has 1 heterocycles. The largest absolute Gasteiger partial charge is 0.356 e. The highest BCUT2D eigenvalue weighted by Crippen LogP contribution is 2.38.